The minimum Gasteiger partial charge on any atom is -0.165 e. The maximum absolute atomic E-state index is 11.7. The molecule has 8 heteroatoms. The molecule has 0 radical (unpaired) electrons. The molecule has 0 rings (SSSR count). The highest BCUT2D eigenvalue weighted by Crippen LogP contribution is 2.32. The summed E-state index contributed by atoms with van der Waals surface area (Å²) in [5.74, 6) is 1.60. The van der Waals surface area contributed by atoms with Crippen molar-refractivity contribution in [1.29, 1.82) is 0 Å². The average Bonchev–Trinajstić information content (AvgIpc) is 1.95. The van der Waals surface area contributed by atoms with E-state index >= 15 is 0 Å². The standard InChI is InChI=1S/C6Cl2F6/c7-3(1-2-5(9,10)11)4(8)6(12,13)14/b4-3+. The zero-order chi connectivity index (χ0) is 11.6. The number of halogens is 8. The van der Waals surface area contributed by atoms with E-state index in [0.29, 0.717) is 5.92 Å². The third kappa shape index (κ3) is 5.25. The third-order valence-corrected chi connectivity index (χ3v) is 1.54. The van der Waals surface area contributed by atoms with Crippen LogP contribution in [0.15, 0.2) is 10.1 Å². The Bertz CT molecular complexity index is 299. The summed E-state index contributed by atoms with van der Waals surface area (Å²) in [7, 11) is 0. The molecule has 0 amide bonds. The number of hydrogen-bond donors (Lipinski definition) is 0. The topological polar surface area (TPSA) is 0 Å². The summed E-state index contributed by atoms with van der Waals surface area (Å²) < 4.78 is 69.3. The van der Waals surface area contributed by atoms with Gasteiger partial charge in [-0.15, -0.1) is 0 Å². The fraction of sp³-hybridized carbons (Fsp3) is 0.333. The first-order valence-electron chi connectivity index (χ1n) is 2.76. The van der Waals surface area contributed by atoms with Crippen LogP contribution in [0, 0.1) is 11.8 Å². The molecular weight excluding hydrogens is 257 g/mol. The van der Waals surface area contributed by atoms with E-state index in [1.54, 1.807) is 0 Å². The summed E-state index contributed by atoms with van der Waals surface area (Å²) in [5.41, 5.74) is 0. The zero-order valence-corrected chi connectivity index (χ0v) is 7.54. The van der Waals surface area contributed by atoms with Crippen molar-refractivity contribution in [2.45, 2.75) is 12.4 Å². The summed E-state index contributed by atoms with van der Waals surface area (Å²) in [6.07, 6.45) is -9.91. The molecule has 0 fully saturated rings. The Morgan fingerprint density at radius 3 is 1.64 bits per heavy atom. The van der Waals surface area contributed by atoms with Crippen LogP contribution < -0.4 is 0 Å². The molecule has 0 aliphatic heterocycles. The van der Waals surface area contributed by atoms with Crippen LogP contribution >= 0.6 is 23.2 Å². The Morgan fingerprint density at radius 2 is 1.36 bits per heavy atom. The highest BCUT2D eigenvalue weighted by atomic mass is 35.5. The molecule has 0 spiro atoms. The Labute approximate surface area is 84.5 Å². The van der Waals surface area contributed by atoms with Gasteiger partial charge in [-0.1, -0.05) is 23.2 Å². The van der Waals surface area contributed by atoms with Crippen molar-refractivity contribution < 1.29 is 26.3 Å². The number of allylic oxidation sites excluding steroid dienone is 2. The van der Waals surface area contributed by atoms with E-state index < -0.39 is 22.4 Å². The lowest BCUT2D eigenvalue weighted by Gasteiger charge is -2.03. The van der Waals surface area contributed by atoms with Gasteiger partial charge in [0.2, 0.25) is 0 Å². The van der Waals surface area contributed by atoms with Crippen molar-refractivity contribution in [3.63, 3.8) is 0 Å². The number of alkyl halides is 6. The van der Waals surface area contributed by atoms with E-state index in [1.165, 1.54) is 0 Å². The van der Waals surface area contributed by atoms with Gasteiger partial charge >= 0.3 is 12.4 Å². The van der Waals surface area contributed by atoms with Gasteiger partial charge in [-0.2, -0.15) is 26.3 Å². The molecular formula is C6Cl2F6. The SMILES string of the molecule is FC(F)(F)C#C/C(Cl)=C(\Cl)C(F)(F)F. The predicted molar refractivity (Wildman–Crippen MR) is 38.6 cm³/mol. The molecule has 0 N–H and O–H groups in total. The maximum Gasteiger partial charge on any atom is 0.458 e. The van der Waals surface area contributed by atoms with Crippen LogP contribution in [0.25, 0.3) is 0 Å². The molecule has 0 atom stereocenters. The van der Waals surface area contributed by atoms with E-state index in [9.17, 15) is 26.3 Å². The summed E-state index contributed by atoms with van der Waals surface area (Å²) in [5, 5.41) is -3.27. The Hall–Kier alpha value is -0.540. The zero-order valence-electron chi connectivity index (χ0n) is 6.02. The minimum absolute atomic E-state index is 0.550. The fourth-order valence-electron chi connectivity index (χ4n) is 0.305. The Kier molecular flexibility index (Phi) is 4.15. The van der Waals surface area contributed by atoms with Crippen LogP contribution in [-0.2, 0) is 0 Å². The molecule has 0 nitrogen and oxygen atoms in total. The second kappa shape index (κ2) is 4.32. The molecule has 0 aromatic heterocycles. The predicted octanol–water partition coefficient (Wildman–Crippen LogP) is 3.80. The van der Waals surface area contributed by atoms with Crippen LogP contribution in [-0.4, -0.2) is 12.4 Å². The second-order valence-corrected chi connectivity index (χ2v) is 2.63. The van der Waals surface area contributed by atoms with Crippen molar-refractivity contribution in [2.24, 2.45) is 0 Å². The van der Waals surface area contributed by atoms with Crippen LogP contribution in [0.2, 0.25) is 0 Å². The van der Waals surface area contributed by atoms with Gasteiger partial charge in [0, 0.05) is 5.92 Å². The Balaban J connectivity index is 4.94. The van der Waals surface area contributed by atoms with E-state index in [2.05, 4.69) is 11.6 Å². The van der Waals surface area contributed by atoms with Gasteiger partial charge < -0.3 is 0 Å². The van der Waals surface area contributed by atoms with Gasteiger partial charge in [-0.3, -0.25) is 0 Å². The van der Waals surface area contributed by atoms with Crippen LogP contribution in [0.1, 0.15) is 0 Å². The monoisotopic (exact) mass is 256 g/mol. The van der Waals surface area contributed by atoms with Crippen molar-refractivity contribution in [1.82, 2.24) is 0 Å². The van der Waals surface area contributed by atoms with Gasteiger partial charge in [0.05, 0.1) is 0 Å². The number of rotatable bonds is 0. The van der Waals surface area contributed by atoms with E-state index in [1.807, 2.05) is 0 Å². The van der Waals surface area contributed by atoms with Crippen molar-refractivity contribution >= 4 is 23.2 Å². The summed E-state index contributed by atoms with van der Waals surface area (Å²) in [4.78, 5) is 0. The average molecular weight is 257 g/mol. The normalized spacial score (nSPS) is 14.3. The molecule has 0 unspecified atom stereocenters. The molecule has 0 bridgehead atoms. The fourth-order valence-corrected chi connectivity index (χ4v) is 0.507. The molecule has 0 aliphatic rings. The largest absolute Gasteiger partial charge is 0.458 e. The molecule has 0 aromatic rings. The molecule has 0 heterocycles. The van der Waals surface area contributed by atoms with Gasteiger partial charge in [-0.25, -0.2) is 0 Å². The first-order chi connectivity index (χ1) is 6.04. The summed E-state index contributed by atoms with van der Waals surface area (Å²) >= 11 is 9.37. The van der Waals surface area contributed by atoms with Crippen molar-refractivity contribution in [3.8, 4) is 11.8 Å². The molecule has 80 valence electrons. The van der Waals surface area contributed by atoms with Gasteiger partial charge in [0.15, 0.2) is 0 Å². The minimum atomic E-state index is -5.00. The van der Waals surface area contributed by atoms with E-state index in [-0.39, 0.29) is 0 Å². The Morgan fingerprint density at radius 1 is 0.929 bits per heavy atom. The van der Waals surface area contributed by atoms with Crippen LogP contribution in [0.3, 0.4) is 0 Å². The lowest BCUT2D eigenvalue weighted by Crippen LogP contribution is -2.08. The number of hydrogen-bond acceptors (Lipinski definition) is 0. The summed E-state index contributed by atoms with van der Waals surface area (Å²) in [6, 6.07) is 0. The maximum atomic E-state index is 11.7. The molecule has 0 saturated carbocycles. The third-order valence-electron chi connectivity index (χ3n) is 0.756. The van der Waals surface area contributed by atoms with Gasteiger partial charge in [0.1, 0.15) is 10.1 Å². The molecule has 14 heavy (non-hydrogen) atoms. The lowest BCUT2D eigenvalue weighted by atomic mass is 10.4. The van der Waals surface area contributed by atoms with Crippen LogP contribution in [0.5, 0.6) is 0 Å². The van der Waals surface area contributed by atoms with Gasteiger partial charge in [0.25, 0.3) is 0 Å². The van der Waals surface area contributed by atoms with E-state index in [4.69, 9.17) is 11.6 Å². The first-order valence-corrected chi connectivity index (χ1v) is 3.52. The van der Waals surface area contributed by atoms with Gasteiger partial charge in [-0.05, 0) is 5.92 Å². The molecule has 0 aromatic carbocycles. The molecule has 0 aliphatic carbocycles. The first kappa shape index (κ1) is 13.5. The molecule has 0 saturated heterocycles. The highest BCUT2D eigenvalue weighted by molar-refractivity contribution is 6.41. The van der Waals surface area contributed by atoms with Crippen molar-refractivity contribution in [3.05, 3.63) is 10.1 Å². The summed E-state index contributed by atoms with van der Waals surface area (Å²) in [6.45, 7) is 0. The quantitative estimate of drug-likeness (QED) is 0.457. The van der Waals surface area contributed by atoms with E-state index in [0.717, 1.165) is 5.92 Å². The van der Waals surface area contributed by atoms with Crippen LogP contribution in [0.4, 0.5) is 26.3 Å². The lowest BCUT2D eigenvalue weighted by molar-refractivity contribution is -0.0848. The van der Waals surface area contributed by atoms with Crippen molar-refractivity contribution in [2.75, 3.05) is 0 Å². The smallest absolute Gasteiger partial charge is 0.165 e. The second-order valence-electron chi connectivity index (χ2n) is 1.87. The highest BCUT2D eigenvalue weighted by Gasteiger charge is 2.35.